The van der Waals surface area contributed by atoms with Crippen LogP contribution in [0, 0.1) is 0 Å². The number of rotatable bonds is 4. The average molecular weight is 354 g/mol. The first kappa shape index (κ1) is 15.1. The number of amides is 1. The van der Waals surface area contributed by atoms with Crippen molar-refractivity contribution < 1.29 is 9.21 Å². The number of para-hydroxylation sites is 1. The lowest BCUT2D eigenvalue weighted by molar-refractivity contribution is 0.0931. The molecule has 4 nitrogen and oxygen atoms in total. The fourth-order valence-corrected chi connectivity index (χ4v) is 3.97. The normalized spacial score (nSPS) is 12.4. The number of thiophene rings is 1. The third-order valence-electron chi connectivity index (χ3n) is 3.72. The summed E-state index contributed by atoms with van der Waals surface area (Å²) >= 11 is 3.09. The molecule has 1 N–H and O–H groups in total. The van der Waals surface area contributed by atoms with Crippen molar-refractivity contribution in [2.24, 2.45) is 0 Å². The lowest BCUT2D eigenvalue weighted by atomic mass is 10.2. The van der Waals surface area contributed by atoms with Gasteiger partial charge in [0.2, 0.25) is 0 Å². The quantitative estimate of drug-likeness (QED) is 0.554. The second-order valence-corrected chi connectivity index (χ2v) is 7.07. The third kappa shape index (κ3) is 2.86. The van der Waals surface area contributed by atoms with E-state index in [1.165, 1.54) is 11.3 Å². The second-order valence-electron chi connectivity index (χ2n) is 5.43. The molecule has 1 amide bonds. The van der Waals surface area contributed by atoms with E-state index in [0.29, 0.717) is 5.69 Å². The molecule has 0 saturated carbocycles. The summed E-state index contributed by atoms with van der Waals surface area (Å²) in [5, 5.41) is 10.6. The molecule has 1 aromatic carbocycles. The lowest BCUT2D eigenvalue weighted by Crippen LogP contribution is -2.26. The summed E-state index contributed by atoms with van der Waals surface area (Å²) < 4.78 is 5.80. The number of benzene rings is 1. The standard InChI is InChI=1S/C18H14N2O2S2/c1-11(16-8-12-4-2-3-5-15(12)22-16)19-17(21)14-10-24-18(20-14)13-6-7-23-9-13/h2-11H,1H3,(H,19,21)/t11-/m1/s1. The van der Waals surface area contributed by atoms with Crippen LogP contribution in [0.25, 0.3) is 21.5 Å². The molecule has 6 heteroatoms. The molecule has 0 aliphatic heterocycles. The molecule has 4 aromatic rings. The van der Waals surface area contributed by atoms with Gasteiger partial charge < -0.3 is 9.73 Å². The Morgan fingerprint density at radius 3 is 2.92 bits per heavy atom. The zero-order chi connectivity index (χ0) is 16.5. The van der Waals surface area contributed by atoms with Crippen molar-refractivity contribution in [1.82, 2.24) is 10.3 Å². The smallest absolute Gasteiger partial charge is 0.271 e. The van der Waals surface area contributed by atoms with Crippen LogP contribution in [-0.2, 0) is 0 Å². The van der Waals surface area contributed by atoms with E-state index in [9.17, 15) is 4.79 Å². The number of carbonyl (C=O) groups is 1. The van der Waals surface area contributed by atoms with Gasteiger partial charge in [-0.05, 0) is 30.5 Å². The third-order valence-corrected chi connectivity index (χ3v) is 5.30. The fraction of sp³-hybridized carbons (Fsp3) is 0.111. The summed E-state index contributed by atoms with van der Waals surface area (Å²) in [6.07, 6.45) is 0. The Bertz CT molecular complexity index is 952. The van der Waals surface area contributed by atoms with Crippen LogP contribution >= 0.6 is 22.7 Å². The number of nitrogens with one attached hydrogen (secondary N) is 1. The summed E-state index contributed by atoms with van der Waals surface area (Å²) in [5.74, 6) is 0.540. The van der Waals surface area contributed by atoms with Crippen LogP contribution in [-0.4, -0.2) is 10.9 Å². The Balaban J connectivity index is 1.51. The maximum atomic E-state index is 12.4. The second kappa shape index (κ2) is 6.22. The average Bonchev–Trinajstić information content (AvgIpc) is 3.32. The number of furan rings is 1. The van der Waals surface area contributed by atoms with Crippen LogP contribution in [0.2, 0.25) is 0 Å². The molecule has 120 valence electrons. The number of thiazole rings is 1. The first-order valence-corrected chi connectivity index (χ1v) is 9.30. The molecule has 3 heterocycles. The van der Waals surface area contributed by atoms with Gasteiger partial charge in [-0.1, -0.05) is 18.2 Å². The van der Waals surface area contributed by atoms with Gasteiger partial charge in [-0.2, -0.15) is 11.3 Å². The molecule has 0 fully saturated rings. The summed E-state index contributed by atoms with van der Waals surface area (Å²) in [6, 6.07) is 11.5. The number of hydrogen-bond acceptors (Lipinski definition) is 5. The highest BCUT2D eigenvalue weighted by Gasteiger charge is 2.17. The summed E-state index contributed by atoms with van der Waals surface area (Å²) in [5.41, 5.74) is 2.31. The number of aromatic nitrogens is 1. The van der Waals surface area contributed by atoms with E-state index in [1.54, 1.807) is 16.7 Å². The molecule has 4 rings (SSSR count). The fourth-order valence-electron chi connectivity index (χ4n) is 2.45. The van der Waals surface area contributed by atoms with Gasteiger partial charge in [-0.25, -0.2) is 4.98 Å². The van der Waals surface area contributed by atoms with Crippen molar-refractivity contribution in [3.8, 4) is 10.6 Å². The zero-order valence-corrected chi connectivity index (χ0v) is 14.5. The van der Waals surface area contributed by atoms with E-state index < -0.39 is 0 Å². The molecule has 3 aromatic heterocycles. The molecule has 0 aliphatic carbocycles. The van der Waals surface area contributed by atoms with E-state index in [0.717, 1.165) is 27.3 Å². The van der Waals surface area contributed by atoms with Gasteiger partial charge in [0.15, 0.2) is 0 Å². The maximum Gasteiger partial charge on any atom is 0.271 e. The molecule has 0 spiro atoms. The van der Waals surface area contributed by atoms with Crippen LogP contribution in [0.5, 0.6) is 0 Å². The molecule has 0 saturated heterocycles. The monoisotopic (exact) mass is 354 g/mol. The summed E-state index contributed by atoms with van der Waals surface area (Å²) in [4.78, 5) is 16.8. The predicted octanol–water partition coefficient (Wildman–Crippen LogP) is 5.11. The van der Waals surface area contributed by atoms with Crippen LogP contribution in [0.1, 0.15) is 29.2 Å². The van der Waals surface area contributed by atoms with E-state index in [2.05, 4.69) is 10.3 Å². The molecule has 0 unspecified atom stereocenters. The molecular formula is C18H14N2O2S2. The first-order chi connectivity index (χ1) is 11.7. The number of hydrogen-bond donors (Lipinski definition) is 1. The SMILES string of the molecule is C[C@@H](NC(=O)c1csc(-c2ccsc2)n1)c1cc2ccccc2o1. The summed E-state index contributed by atoms with van der Waals surface area (Å²) in [7, 11) is 0. The van der Waals surface area contributed by atoms with Gasteiger partial charge in [0, 0.05) is 21.7 Å². The van der Waals surface area contributed by atoms with Crippen molar-refractivity contribution >= 4 is 39.5 Å². The van der Waals surface area contributed by atoms with Gasteiger partial charge in [-0.3, -0.25) is 4.79 Å². The van der Waals surface area contributed by atoms with E-state index in [4.69, 9.17) is 4.42 Å². The molecule has 0 radical (unpaired) electrons. The Labute approximate surface area is 146 Å². The minimum absolute atomic E-state index is 0.194. The van der Waals surface area contributed by atoms with Crippen molar-refractivity contribution in [2.75, 3.05) is 0 Å². The van der Waals surface area contributed by atoms with Gasteiger partial charge in [0.25, 0.3) is 5.91 Å². The van der Waals surface area contributed by atoms with Gasteiger partial charge in [0.1, 0.15) is 22.0 Å². The number of fused-ring (bicyclic) bond motifs is 1. The van der Waals surface area contributed by atoms with Crippen molar-refractivity contribution in [3.05, 3.63) is 64.0 Å². The highest BCUT2D eigenvalue weighted by molar-refractivity contribution is 7.14. The van der Waals surface area contributed by atoms with Crippen LogP contribution in [0.4, 0.5) is 0 Å². The van der Waals surface area contributed by atoms with Crippen LogP contribution < -0.4 is 5.32 Å². The number of carbonyl (C=O) groups excluding carboxylic acids is 1. The molecule has 0 aliphatic rings. The Hall–Kier alpha value is -2.44. The number of nitrogens with zero attached hydrogens (tertiary/aromatic N) is 1. The maximum absolute atomic E-state index is 12.4. The minimum atomic E-state index is -0.226. The minimum Gasteiger partial charge on any atom is -0.459 e. The van der Waals surface area contributed by atoms with Gasteiger partial charge in [0.05, 0.1) is 6.04 Å². The van der Waals surface area contributed by atoms with Crippen molar-refractivity contribution in [2.45, 2.75) is 13.0 Å². The summed E-state index contributed by atoms with van der Waals surface area (Å²) in [6.45, 7) is 1.90. The lowest BCUT2D eigenvalue weighted by Gasteiger charge is -2.09. The van der Waals surface area contributed by atoms with Gasteiger partial charge >= 0.3 is 0 Å². The van der Waals surface area contributed by atoms with E-state index in [1.807, 2.05) is 54.1 Å². The Kier molecular flexibility index (Phi) is 3.92. The van der Waals surface area contributed by atoms with E-state index >= 15 is 0 Å². The first-order valence-electron chi connectivity index (χ1n) is 7.48. The molecule has 24 heavy (non-hydrogen) atoms. The zero-order valence-electron chi connectivity index (χ0n) is 12.9. The highest BCUT2D eigenvalue weighted by atomic mass is 32.1. The topological polar surface area (TPSA) is 55.1 Å². The Morgan fingerprint density at radius 1 is 1.25 bits per heavy atom. The van der Waals surface area contributed by atoms with Crippen molar-refractivity contribution in [1.29, 1.82) is 0 Å². The molecular weight excluding hydrogens is 340 g/mol. The largest absolute Gasteiger partial charge is 0.459 e. The van der Waals surface area contributed by atoms with E-state index in [-0.39, 0.29) is 11.9 Å². The predicted molar refractivity (Wildman–Crippen MR) is 97.5 cm³/mol. The molecule has 0 bridgehead atoms. The Morgan fingerprint density at radius 2 is 2.12 bits per heavy atom. The van der Waals surface area contributed by atoms with Crippen LogP contribution in [0.3, 0.4) is 0 Å². The molecule has 1 atom stereocenters. The van der Waals surface area contributed by atoms with Gasteiger partial charge in [-0.15, -0.1) is 11.3 Å². The highest BCUT2D eigenvalue weighted by Crippen LogP contribution is 2.27. The van der Waals surface area contributed by atoms with Crippen LogP contribution in [0.15, 0.2) is 57.0 Å². The van der Waals surface area contributed by atoms with Crippen molar-refractivity contribution in [3.63, 3.8) is 0 Å².